The van der Waals surface area contributed by atoms with Gasteiger partial charge in [0.25, 0.3) is 5.56 Å². The maximum atomic E-state index is 12.0. The number of rotatable bonds is 1. The van der Waals surface area contributed by atoms with E-state index in [-0.39, 0.29) is 11.0 Å². The maximum absolute atomic E-state index is 12.0. The van der Waals surface area contributed by atoms with Gasteiger partial charge in [-0.15, -0.1) is 0 Å². The van der Waals surface area contributed by atoms with Crippen molar-refractivity contribution in [2.24, 2.45) is 0 Å². The molecule has 0 bridgehead atoms. The molecule has 5 heteroatoms. The third kappa shape index (κ3) is 3.15. The van der Waals surface area contributed by atoms with Crippen molar-refractivity contribution in [3.8, 4) is 11.4 Å². The SMILES string of the molecule is CC(C)(C)c1nc(-c2ccc(Br)cc2)[nH]c(=O)c1Br. The van der Waals surface area contributed by atoms with E-state index in [4.69, 9.17) is 0 Å². The maximum Gasteiger partial charge on any atom is 0.265 e. The molecule has 0 amide bonds. The molecule has 100 valence electrons. The normalized spacial score (nSPS) is 11.6. The van der Waals surface area contributed by atoms with Crippen molar-refractivity contribution in [2.45, 2.75) is 26.2 Å². The Labute approximate surface area is 128 Å². The predicted octanol–water partition coefficient (Wildman–Crippen LogP) is 4.26. The molecule has 19 heavy (non-hydrogen) atoms. The molecule has 0 aliphatic carbocycles. The fourth-order valence-corrected chi connectivity index (χ4v) is 2.75. The van der Waals surface area contributed by atoms with Crippen LogP contribution in [0.15, 0.2) is 38.0 Å². The Morgan fingerprint density at radius 1 is 1.11 bits per heavy atom. The first-order valence-corrected chi connectivity index (χ1v) is 7.44. The molecule has 1 heterocycles. The molecule has 1 aromatic heterocycles. The van der Waals surface area contributed by atoms with Crippen LogP contribution >= 0.6 is 31.9 Å². The van der Waals surface area contributed by atoms with Crippen LogP contribution in [0.2, 0.25) is 0 Å². The van der Waals surface area contributed by atoms with Crippen molar-refractivity contribution in [1.29, 1.82) is 0 Å². The highest BCUT2D eigenvalue weighted by atomic mass is 79.9. The molecule has 1 aromatic carbocycles. The summed E-state index contributed by atoms with van der Waals surface area (Å²) in [6.45, 7) is 6.10. The summed E-state index contributed by atoms with van der Waals surface area (Å²) in [5.41, 5.74) is 1.29. The van der Waals surface area contributed by atoms with Crippen LogP contribution in [-0.4, -0.2) is 9.97 Å². The Bertz CT molecular complexity index is 655. The van der Waals surface area contributed by atoms with Gasteiger partial charge in [-0.3, -0.25) is 4.79 Å². The minimum absolute atomic E-state index is 0.155. The van der Waals surface area contributed by atoms with E-state index in [1.54, 1.807) is 0 Å². The van der Waals surface area contributed by atoms with E-state index in [1.165, 1.54) is 0 Å². The molecule has 0 unspecified atom stereocenters. The number of nitrogens with zero attached hydrogens (tertiary/aromatic N) is 1. The highest BCUT2D eigenvalue weighted by Crippen LogP contribution is 2.27. The predicted molar refractivity (Wildman–Crippen MR) is 84.4 cm³/mol. The number of halogens is 2. The summed E-state index contributed by atoms with van der Waals surface area (Å²) in [4.78, 5) is 19.4. The Morgan fingerprint density at radius 3 is 2.21 bits per heavy atom. The van der Waals surface area contributed by atoms with Gasteiger partial charge >= 0.3 is 0 Å². The minimum atomic E-state index is -0.197. The lowest BCUT2D eigenvalue weighted by atomic mass is 9.92. The first-order valence-electron chi connectivity index (χ1n) is 5.85. The molecular formula is C14H14Br2N2O. The van der Waals surface area contributed by atoms with Gasteiger partial charge in [-0.1, -0.05) is 48.8 Å². The largest absolute Gasteiger partial charge is 0.306 e. The summed E-state index contributed by atoms with van der Waals surface area (Å²) in [7, 11) is 0. The average molecular weight is 386 g/mol. The molecule has 0 aliphatic heterocycles. The van der Waals surface area contributed by atoms with E-state index in [0.717, 1.165) is 15.7 Å². The molecule has 0 saturated carbocycles. The molecule has 1 N–H and O–H groups in total. The van der Waals surface area contributed by atoms with Crippen LogP contribution in [-0.2, 0) is 5.41 Å². The molecule has 0 fully saturated rings. The van der Waals surface area contributed by atoms with Gasteiger partial charge < -0.3 is 4.98 Å². The molecule has 0 atom stereocenters. The fraction of sp³-hybridized carbons (Fsp3) is 0.286. The van der Waals surface area contributed by atoms with Crippen LogP contribution in [0.5, 0.6) is 0 Å². The standard InChI is InChI=1S/C14H14Br2N2O/c1-14(2,3)11-10(16)13(19)18-12(17-11)8-4-6-9(15)7-5-8/h4-7H,1-3H3,(H,17,18,19). The second-order valence-corrected chi connectivity index (χ2v) is 7.04. The molecular weight excluding hydrogens is 372 g/mol. The quantitative estimate of drug-likeness (QED) is 0.797. The van der Waals surface area contributed by atoms with E-state index >= 15 is 0 Å². The first kappa shape index (κ1) is 14.5. The highest BCUT2D eigenvalue weighted by Gasteiger charge is 2.22. The summed E-state index contributed by atoms with van der Waals surface area (Å²) in [5, 5.41) is 0. The third-order valence-electron chi connectivity index (χ3n) is 2.69. The number of benzene rings is 1. The van der Waals surface area contributed by atoms with Gasteiger partial charge in [0.1, 0.15) is 10.3 Å². The molecule has 3 nitrogen and oxygen atoms in total. The number of nitrogens with one attached hydrogen (secondary N) is 1. The van der Waals surface area contributed by atoms with Crippen molar-refractivity contribution in [2.75, 3.05) is 0 Å². The number of H-pyrrole nitrogens is 1. The summed E-state index contributed by atoms with van der Waals surface area (Å²) < 4.78 is 1.49. The molecule has 2 rings (SSSR count). The molecule has 0 radical (unpaired) electrons. The van der Waals surface area contributed by atoms with Gasteiger partial charge in [-0.05, 0) is 28.1 Å². The Balaban J connectivity index is 2.63. The van der Waals surface area contributed by atoms with Gasteiger partial charge in [0.15, 0.2) is 0 Å². The zero-order chi connectivity index (χ0) is 14.2. The lowest BCUT2D eigenvalue weighted by Crippen LogP contribution is -2.22. The van der Waals surface area contributed by atoms with Crippen LogP contribution < -0.4 is 5.56 Å². The van der Waals surface area contributed by atoms with Gasteiger partial charge in [-0.25, -0.2) is 4.98 Å². The lowest BCUT2D eigenvalue weighted by molar-refractivity contribution is 0.562. The van der Waals surface area contributed by atoms with Crippen molar-refractivity contribution >= 4 is 31.9 Å². The summed E-state index contributed by atoms with van der Waals surface area (Å²) in [6, 6.07) is 7.69. The molecule has 0 aliphatic rings. The number of hydrogen-bond donors (Lipinski definition) is 1. The number of hydrogen-bond acceptors (Lipinski definition) is 2. The van der Waals surface area contributed by atoms with Crippen LogP contribution in [0, 0.1) is 0 Å². The smallest absolute Gasteiger partial charge is 0.265 e. The second-order valence-electron chi connectivity index (χ2n) is 5.33. The van der Waals surface area contributed by atoms with E-state index in [1.807, 2.05) is 45.0 Å². The van der Waals surface area contributed by atoms with E-state index in [2.05, 4.69) is 41.8 Å². The van der Waals surface area contributed by atoms with Crippen LogP contribution in [0.25, 0.3) is 11.4 Å². The van der Waals surface area contributed by atoms with Crippen molar-refractivity contribution in [3.63, 3.8) is 0 Å². The molecule has 0 saturated heterocycles. The first-order chi connectivity index (χ1) is 8.79. The van der Waals surface area contributed by atoms with E-state index in [9.17, 15) is 4.79 Å². The fourth-order valence-electron chi connectivity index (χ4n) is 1.70. The Morgan fingerprint density at radius 2 is 1.68 bits per heavy atom. The van der Waals surface area contributed by atoms with Crippen LogP contribution in [0.3, 0.4) is 0 Å². The highest BCUT2D eigenvalue weighted by molar-refractivity contribution is 9.10. The van der Waals surface area contributed by atoms with Crippen molar-refractivity contribution in [1.82, 2.24) is 9.97 Å². The molecule has 0 spiro atoms. The van der Waals surface area contributed by atoms with Crippen LogP contribution in [0.4, 0.5) is 0 Å². The third-order valence-corrected chi connectivity index (χ3v) is 3.96. The zero-order valence-electron chi connectivity index (χ0n) is 10.9. The second kappa shape index (κ2) is 5.21. The van der Waals surface area contributed by atoms with E-state index < -0.39 is 0 Å². The van der Waals surface area contributed by atoms with E-state index in [0.29, 0.717) is 10.3 Å². The van der Waals surface area contributed by atoms with Gasteiger partial charge in [-0.2, -0.15) is 0 Å². The summed E-state index contributed by atoms with van der Waals surface area (Å²) in [6.07, 6.45) is 0. The topological polar surface area (TPSA) is 45.8 Å². The van der Waals surface area contributed by atoms with Crippen molar-refractivity contribution < 1.29 is 0 Å². The average Bonchev–Trinajstić information content (AvgIpc) is 2.32. The minimum Gasteiger partial charge on any atom is -0.306 e. The van der Waals surface area contributed by atoms with Crippen molar-refractivity contribution in [3.05, 3.63) is 49.3 Å². The number of aromatic nitrogens is 2. The summed E-state index contributed by atoms with van der Waals surface area (Å²) >= 11 is 6.71. The number of aromatic amines is 1. The molecule has 2 aromatic rings. The van der Waals surface area contributed by atoms with Gasteiger partial charge in [0.2, 0.25) is 0 Å². The summed E-state index contributed by atoms with van der Waals surface area (Å²) in [5.74, 6) is 0.589. The van der Waals surface area contributed by atoms with Gasteiger partial charge in [0, 0.05) is 15.5 Å². The zero-order valence-corrected chi connectivity index (χ0v) is 14.1. The van der Waals surface area contributed by atoms with Gasteiger partial charge in [0.05, 0.1) is 5.69 Å². The van der Waals surface area contributed by atoms with Crippen LogP contribution in [0.1, 0.15) is 26.5 Å². The Hall–Kier alpha value is -0.940. The monoisotopic (exact) mass is 384 g/mol. The lowest BCUT2D eigenvalue weighted by Gasteiger charge is -2.19. The Kier molecular flexibility index (Phi) is 3.97.